The lowest BCUT2D eigenvalue weighted by molar-refractivity contribution is 0.827. The minimum absolute atomic E-state index is 0.983. The van der Waals surface area contributed by atoms with Gasteiger partial charge in [-0.25, -0.2) is 0 Å². The van der Waals surface area contributed by atoms with Crippen molar-refractivity contribution in [3.63, 3.8) is 0 Å². The third-order valence-electron chi connectivity index (χ3n) is 4.96. The Hall–Kier alpha value is -2.80. The van der Waals surface area contributed by atoms with Crippen LogP contribution >= 0.6 is 0 Å². The Labute approximate surface area is 162 Å². The van der Waals surface area contributed by atoms with Crippen LogP contribution in [0.25, 0.3) is 43.4 Å². The number of benzene rings is 4. The monoisotopic (exact) mass is 355 g/mol. The number of nitrogens with zero attached hydrogens (tertiary/aromatic N) is 1. The molecule has 1 heterocycles. The zero-order valence-corrected chi connectivity index (χ0v) is 17.1. The summed E-state index contributed by atoms with van der Waals surface area (Å²) in [7, 11) is 0. The Kier molecular flexibility index (Phi) is 5.81. The van der Waals surface area contributed by atoms with Crippen molar-refractivity contribution in [3.8, 4) is 0 Å². The molecule has 5 aromatic rings. The van der Waals surface area contributed by atoms with Gasteiger partial charge in [-0.1, -0.05) is 88.4 Å². The van der Waals surface area contributed by atoms with Crippen LogP contribution in [-0.4, -0.2) is 4.57 Å². The lowest BCUT2D eigenvalue weighted by atomic mass is 10.00. The van der Waals surface area contributed by atoms with Gasteiger partial charge < -0.3 is 4.57 Å². The van der Waals surface area contributed by atoms with Crippen molar-refractivity contribution in [1.29, 1.82) is 0 Å². The molecule has 0 unspecified atom stereocenters. The molecule has 0 fully saturated rings. The summed E-state index contributed by atoms with van der Waals surface area (Å²) in [6.07, 6.45) is 0. The zero-order valence-electron chi connectivity index (χ0n) is 17.1. The molecule has 0 bridgehead atoms. The smallest absolute Gasteiger partial charge is 0.0498 e. The summed E-state index contributed by atoms with van der Waals surface area (Å²) >= 11 is 0. The van der Waals surface area contributed by atoms with Gasteiger partial charge in [-0.15, -0.1) is 0 Å². The van der Waals surface area contributed by atoms with Gasteiger partial charge in [0.2, 0.25) is 0 Å². The third kappa shape index (κ3) is 2.98. The van der Waals surface area contributed by atoms with E-state index in [0.717, 1.165) is 6.54 Å². The van der Waals surface area contributed by atoms with E-state index in [4.69, 9.17) is 0 Å². The van der Waals surface area contributed by atoms with Gasteiger partial charge in [0.15, 0.2) is 0 Å². The summed E-state index contributed by atoms with van der Waals surface area (Å²) in [4.78, 5) is 0. The highest BCUT2D eigenvalue weighted by Gasteiger charge is 2.14. The van der Waals surface area contributed by atoms with E-state index in [9.17, 15) is 0 Å². The number of aryl methyl sites for hydroxylation is 1. The van der Waals surface area contributed by atoms with Crippen molar-refractivity contribution in [3.05, 3.63) is 72.8 Å². The van der Waals surface area contributed by atoms with Gasteiger partial charge in [-0.05, 0) is 40.6 Å². The normalized spacial score (nSPS) is 10.6. The Morgan fingerprint density at radius 1 is 0.556 bits per heavy atom. The summed E-state index contributed by atoms with van der Waals surface area (Å²) in [6.45, 7) is 11.2. The standard InChI is InChI=1S/C22H17N.2C2H6/c1-2-23-19-13-11-15-7-3-5-9-17(15)21(19)22-18-10-6-4-8-16(18)12-14-20(22)23;2*1-2/h3-14H,2H2,1H3;2*1-2H3. The van der Waals surface area contributed by atoms with Crippen molar-refractivity contribution in [2.75, 3.05) is 0 Å². The molecule has 0 saturated heterocycles. The third-order valence-corrected chi connectivity index (χ3v) is 4.96. The van der Waals surface area contributed by atoms with E-state index in [1.165, 1.54) is 43.4 Å². The molecular weight excluding hydrogens is 326 g/mol. The van der Waals surface area contributed by atoms with E-state index in [1.807, 2.05) is 27.7 Å². The number of hydrogen-bond donors (Lipinski definition) is 0. The lowest BCUT2D eigenvalue weighted by Gasteiger charge is -2.04. The van der Waals surface area contributed by atoms with E-state index >= 15 is 0 Å². The van der Waals surface area contributed by atoms with Crippen LogP contribution in [0.5, 0.6) is 0 Å². The predicted octanol–water partition coefficient (Wildman–Crippen LogP) is 8.17. The van der Waals surface area contributed by atoms with Gasteiger partial charge in [0.1, 0.15) is 0 Å². The van der Waals surface area contributed by atoms with Crippen LogP contribution in [0.4, 0.5) is 0 Å². The molecule has 1 nitrogen and oxygen atoms in total. The number of aromatic nitrogens is 1. The molecule has 5 rings (SSSR count). The fraction of sp³-hybridized carbons (Fsp3) is 0.231. The van der Waals surface area contributed by atoms with Crippen molar-refractivity contribution >= 4 is 43.4 Å². The van der Waals surface area contributed by atoms with Gasteiger partial charge >= 0.3 is 0 Å². The summed E-state index contributed by atoms with van der Waals surface area (Å²) in [5, 5.41) is 8.08. The van der Waals surface area contributed by atoms with Gasteiger partial charge in [-0.2, -0.15) is 0 Å². The van der Waals surface area contributed by atoms with Gasteiger partial charge in [0.25, 0.3) is 0 Å². The average molecular weight is 356 g/mol. The molecule has 0 atom stereocenters. The van der Waals surface area contributed by atoms with E-state index in [0.29, 0.717) is 0 Å². The van der Waals surface area contributed by atoms with Crippen LogP contribution in [-0.2, 0) is 6.54 Å². The molecule has 0 spiro atoms. The SMILES string of the molecule is CC.CC.CCn1c2ccc3ccccc3c2c2c3ccccc3ccc21. The molecular formula is C26H29N. The molecule has 0 saturated carbocycles. The van der Waals surface area contributed by atoms with Crippen LogP contribution in [0.15, 0.2) is 72.8 Å². The first kappa shape index (κ1) is 19.0. The first-order valence-corrected chi connectivity index (χ1v) is 10.2. The number of rotatable bonds is 1. The first-order valence-electron chi connectivity index (χ1n) is 10.2. The lowest BCUT2D eigenvalue weighted by Crippen LogP contribution is -1.92. The number of hydrogen-bond acceptors (Lipinski definition) is 0. The molecule has 0 aliphatic rings. The van der Waals surface area contributed by atoms with Crippen LogP contribution in [0.3, 0.4) is 0 Å². The van der Waals surface area contributed by atoms with Crippen LogP contribution in [0.2, 0.25) is 0 Å². The highest BCUT2D eigenvalue weighted by molar-refractivity contribution is 6.27. The molecule has 0 amide bonds. The summed E-state index contributed by atoms with van der Waals surface area (Å²) < 4.78 is 2.43. The molecule has 0 radical (unpaired) electrons. The highest BCUT2D eigenvalue weighted by atomic mass is 15.0. The van der Waals surface area contributed by atoms with E-state index < -0.39 is 0 Å². The Balaban J connectivity index is 0.000000495. The Bertz CT molecular complexity index is 1100. The van der Waals surface area contributed by atoms with Crippen molar-refractivity contribution < 1.29 is 0 Å². The molecule has 0 aliphatic heterocycles. The van der Waals surface area contributed by atoms with Gasteiger partial charge in [0.05, 0.1) is 0 Å². The zero-order chi connectivity index (χ0) is 19.4. The topological polar surface area (TPSA) is 4.93 Å². The second kappa shape index (κ2) is 8.26. The minimum atomic E-state index is 0.983. The average Bonchev–Trinajstić information content (AvgIpc) is 3.11. The molecule has 27 heavy (non-hydrogen) atoms. The number of fused-ring (bicyclic) bond motifs is 7. The van der Waals surface area contributed by atoms with Gasteiger partial charge in [0, 0.05) is 28.4 Å². The predicted molar refractivity (Wildman–Crippen MR) is 123 cm³/mol. The van der Waals surface area contributed by atoms with E-state index in [-0.39, 0.29) is 0 Å². The van der Waals surface area contributed by atoms with Crippen LogP contribution < -0.4 is 0 Å². The first-order chi connectivity index (χ1) is 13.4. The summed E-state index contributed by atoms with van der Waals surface area (Å²) in [6, 6.07) is 26.4. The Morgan fingerprint density at radius 3 is 1.37 bits per heavy atom. The minimum Gasteiger partial charge on any atom is -0.341 e. The van der Waals surface area contributed by atoms with Crippen molar-refractivity contribution in [2.24, 2.45) is 0 Å². The summed E-state index contributed by atoms with van der Waals surface area (Å²) in [5.41, 5.74) is 2.66. The summed E-state index contributed by atoms with van der Waals surface area (Å²) in [5.74, 6) is 0. The maximum absolute atomic E-state index is 2.43. The van der Waals surface area contributed by atoms with E-state index in [2.05, 4.69) is 84.3 Å². The molecule has 0 N–H and O–H groups in total. The molecule has 4 aromatic carbocycles. The molecule has 0 aliphatic carbocycles. The molecule has 1 heteroatoms. The molecule has 138 valence electrons. The molecule has 1 aromatic heterocycles. The largest absolute Gasteiger partial charge is 0.341 e. The quantitative estimate of drug-likeness (QED) is 0.286. The Morgan fingerprint density at radius 2 is 0.963 bits per heavy atom. The van der Waals surface area contributed by atoms with Crippen molar-refractivity contribution in [1.82, 2.24) is 4.57 Å². The maximum atomic E-state index is 2.43. The fourth-order valence-electron chi connectivity index (χ4n) is 3.97. The van der Waals surface area contributed by atoms with E-state index in [1.54, 1.807) is 0 Å². The van der Waals surface area contributed by atoms with Crippen LogP contribution in [0, 0.1) is 0 Å². The highest BCUT2D eigenvalue weighted by Crippen LogP contribution is 2.38. The maximum Gasteiger partial charge on any atom is 0.0498 e. The fourth-order valence-corrected chi connectivity index (χ4v) is 3.97. The second-order valence-corrected chi connectivity index (χ2v) is 6.11. The van der Waals surface area contributed by atoms with Crippen LogP contribution in [0.1, 0.15) is 34.6 Å². The van der Waals surface area contributed by atoms with Gasteiger partial charge in [-0.3, -0.25) is 0 Å². The van der Waals surface area contributed by atoms with Crippen molar-refractivity contribution in [2.45, 2.75) is 41.2 Å². The second-order valence-electron chi connectivity index (χ2n) is 6.11.